The molecule has 1 amide bonds. The molecule has 0 aromatic heterocycles. The van der Waals surface area contributed by atoms with Crippen LogP contribution in [-0.4, -0.2) is 23.2 Å². The van der Waals surface area contributed by atoms with E-state index >= 15 is 0 Å². The Hall–Kier alpha value is -1.55. The third-order valence-electron chi connectivity index (χ3n) is 3.08. The SMILES string of the molecule is O=C1COc2cccc(CC3(O)CC3)c2N1. The zero-order valence-corrected chi connectivity index (χ0v) is 8.82. The summed E-state index contributed by atoms with van der Waals surface area (Å²) >= 11 is 0. The highest BCUT2D eigenvalue weighted by molar-refractivity contribution is 5.96. The monoisotopic (exact) mass is 219 g/mol. The van der Waals surface area contributed by atoms with Crippen LogP contribution < -0.4 is 10.1 Å². The quantitative estimate of drug-likeness (QED) is 0.782. The van der Waals surface area contributed by atoms with Gasteiger partial charge in [0, 0.05) is 6.42 Å². The van der Waals surface area contributed by atoms with Gasteiger partial charge in [-0.25, -0.2) is 0 Å². The maximum atomic E-state index is 11.3. The van der Waals surface area contributed by atoms with Crippen LogP contribution >= 0.6 is 0 Å². The molecule has 3 rings (SSSR count). The first-order valence-corrected chi connectivity index (χ1v) is 5.43. The summed E-state index contributed by atoms with van der Waals surface area (Å²) in [6, 6.07) is 5.64. The molecule has 1 aromatic carbocycles. The van der Waals surface area contributed by atoms with E-state index in [1.807, 2.05) is 18.2 Å². The standard InChI is InChI=1S/C12H13NO3/c14-10-7-16-9-3-1-2-8(11(9)13-10)6-12(15)4-5-12/h1-3,15H,4-7H2,(H,13,14). The molecule has 2 aliphatic rings. The van der Waals surface area contributed by atoms with Crippen molar-refractivity contribution in [3.05, 3.63) is 23.8 Å². The Bertz CT molecular complexity index is 452. The minimum Gasteiger partial charge on any atom is -0.482 e. The number of hydrogen-bond acceptors (Lipinski definition) is 3. The number of ether oxygens (including phenoxy) is 1. The summed E-state index contributed by atoms with van der Waals surface area (Å²) in [7, 11) is 0. The maximum Gasteiger partial charge on any atom is 0.262 e. The van der Waals surface area contributed by atoms with Gasteiger partial charge in [-0.05, 0) is 24.5 Å². The molecule has 0 atom stereocenters. The summed E-state index contributed by atoms with van der Waals surface area (Å²) in [5.41, 5.74) is 1.11. The largest absolute Gasteiger partial charge is 0.482 e. The van der Waals surface area contributed by atoms with E-state index in [0.29, 0.717) is 12.2 Å². The number of aliphatic hydroxyl groups is 1. The van der Waals surface area contributed by atoms with Crippen molar-refractivity contribution in [3.8, 4) is 5.75 Å². The van der Waals surface area contributed by atoms with Crippen molar-refractivity contribution in [2.75, 3.05) is 11.9 Å². The molecule has 2 N–H and O–H groups in total. The molecule has 0 radical (unpaired) electrons. The van der Waals surface area contributed by atoms with Crippen molar-refractivity contribution in [3.63, 3.8) is 0 Å². The number of amides is 1. The minimum absolute atomic E-state index is 0.0702. The van der Waals surface area contributed by atoms with Crippen LogP contribution in [0.2, 0.25) is 0 Å². The molecule has 0 saturated heterocycles. The van der Waals surface area contributed by atoms with Crippen LogP contribution in [0.1, 0.15) is 18.4 Å². The second-order valence-electron chi connectivity index (χ2n) is 4.53. The van der Waals surface area contributed by atoms with E-state index in [4.69, 9.17) is 4.74 Å². The van der Waals surface area contributed by atoms with Crippen LogP contribution in [0.5, 0.6) is 5.75 Å². The molecule has 84 valence electrons. The van der Waals surface area contributed by atoms with E-state index in [1.165, 1.54) is 0 Å². The number of hydrogen-bond donors (Lipinski definition) is 2. The lowest BCUT2D eigenvalue weighted by atomic mass is 10.0. The molecule has 16 heavy (non-hydrogen) atoms. The lowest BCUT2D eigenvalue weighted by Gasteiger charge is -2.21. The van der Waals surface area contributed by atoms with E-state index in [2.05, 4.69) is 5.32 Å². The van der Waals surface area contributed by atoms with Crippen molar-refractivity contribution in [1.82, 2.24) is 0 Å². The zero-order valence-electron chi connectivity index (χ0n) is 8.82. The second kappa shape index (κ2) is 3.22. The van der Waals surface area contributed by atoms with E-state index in [1.54, 1.807) is 0 Å². The number of carbonyl (C=O) groups excluding carboxylic acids is 1. The van der Waals surface area contributed by atoms with Crippen molar-refractivity contribution >= 4 is 11.6 Å². The summed E-state index contributed by atoms with van der Waals surface area (Å²) in [4.78, 5) is 11.3. The predicted octanol–water partition coefficient (Wildman–Crippen LogP) is 1.08. The molecule has 0 bridgehead atoms. The second-order valence-corrected chi connectivity index (χ2v) is 4.53. The molecule has 1 fully saturated rings. The van der Waals surface area contributed by atoms with E-state index in [0.717, 1.165) is 24.1 Å². The average Bonchev–Trinajstić information content (AvgIpc) is 2.97. The summed E-state index contributed by atoms with van der Waals surface area (Å²) < 4.78 is 5.32. The van der Waals surface area contributed by atoms with Gasteiger partial charge in [-0.3, -0.25) is 4.79 Å². The van der Waals surface area contributed by atoms with Crippen LogP contribution in [-0.2, 0) is 11.2 Å². The molecule has 4 heteroatoms. The maximum absolute atomic E-state index is 11.3. The van der Waals surface area contributed by atoms with Crippen molar-refractivity contribution in [1.29, 1.82) is 0 Å². The Labute approximate surface area is 93.2 Å². The van der Waals surface area contributed by atoms with Gasteiger partial charge in [-0.1, -0.05) is 12.1 Å². The number of nitrogens with one attached hydrogen (secondary N) is 1. The summed E-state index contributed by atoms with van der Waals surface area (Å²) in [5.74, 6) is 0.559. The molecule has 4 nitrogen and oxygen atoms in total. The van der Waals surface area contributed by atoms with Crippen LogP contribution in [0.3, 0.4) is 0 Å². The smallest absolute Gasteiger partial charge is 0.262 e. The molecular formula is C12H13NO3. The minimum atomic E-state index is -0.558. The summed E-state index contributed by atoms with van der Waals surface area (Å²) in [6.07, 6.45) is 2.26. The normalized spacial score (nSPS) is 20.7. The van der Waals surface area contributed by atoms with Crippen molar-refractivity contribution < 1.29 is 14.6 Å². The molecular weight excluding hydrogens is 206 g/mol. The number of rotatable bonds is 2. The molecule has 1 aliphatic heterocycles. The average molecular weight is 219 g/mol. The van der Waals surface area contributed by atoms with Gasteiger partial charge in [-0.2, -0.15) is 0 Å². The summed E-state index contributed by atoms with van der Waals surface area (Å²) in [6.45, 7) is 0.0702. The molecule has 1 aromatic rings. The molecule has 1 saturated carbocycles. The number of fused-ring (bicyclic) bond motifs is 1. The lowest BCUT2D eigenvalue weighted by molar-refractivity contribution is -0.118. The highest BCUT2D eigenvalue weighted by Crippen LogP contribution is 2.41. The first-order chi connectivity index (χ1) is 7.66. The van der Waals surface area contributed by atoms with Crippen molar-refractivity contribution in [2.24, 2.45) is 0 Å². The Morgan fingerprint density at radius 3 is 3.00 bits per heavy atom. The fourth-order valence-electron chi connectivity index (χ4n) is 1.98. The highest BCUT2D eigenvalue weighted by atomic mass is 16.5. The Morgan fingerprint density at radius 1 is 1.44 bits per heavy atom. The molecule has 1 aliphatic carbocycles. The van der Waals surface area contributed by atoms with Gasteiger partial charge >= 0.3 is 0 Å². The van der Waals surface area contributed by atoms with E-state index in [-0.39, 0.29) is 12.5 Å². The fraction of sp³-hybridized carbons (Fsp3) is 0.417. The molecule has 0 unspecified atom stereocenters. The fourth-order valence-corrected chi connectivity index (χ4v) is 1.98. The number of anilines is 1. The number of carbonyl (C=O) groups is 1. The Balaban J connectivity index is 1.95. The van der Waals surface area contributed by atoms with Gasteiger partial charge in [-0.15, -0.1) is 0 Å². The van der Waals surface area contributed by atoms with Crippen LogP contribution in [0.15, 0.2) is 18.2 Å². The first kappa shape index (κ1) is 9.66. The number of para-hydroxylation sites is 1. The third kappa shape index (κ3) is 1.65. The van der Waals surface area contributed by atoms with E-state index < -0.39 is 5.60 Å². The van der Waals surface area contributed by atoms with Crippen LogP contribution in [0.4, 0.5) is 5.69 Å². The third-order valence-corrected chi connectivity index (χ3v) is 3.08. The van der Waals surface area contributed by atoms with Crippen LogP contribution in [0.25, 0.3) is 0 Å². The van der Waals surface area contributed by atoms with Crippen molar-refractivity contribution in [2.45, 2.75) is 24.9 Å². The lowest BCUT2D eigenvalue weighted by Crippen LogP contribution is -2.27. The number of benzene rings is 1. The van der Waals surface area contributed by atoms with E-state index in [9.17, 15) is 9.90 Å². The van der Waals surface area contributed by atoms with Gasteiger partial charge in [0.1, 0.15) is 5.75 Å². The Kier molecular flexibility index (Phi) is 1.94. The first-order valence-electron chi connectivity index (χ1n) is 5.43. The highest BCUT2D eigenvalue weighted by Gasteiger charge is 2.41. The Morgan fingerprint density at radius 2 is 2.25 bits per heavy atom. The molecule has 0 spiro atoms. The summed E-state index contributed by atoms with van der Waals surface area (Å²) in [5, 5.41) is 12.7. The molecule has 1 heterocycles. The topological polar surface area (TPSA) is 58.6 Å². The van der Waals surface area contributed by atoms with Gasteiger partial charge in [0.25, 0.3) is 5.91 Å². The van der Waals surface area contributed by atoms with Gasteiger partial charge < -0.3 is 15.2 Å². The van der Waals surface area contributed by atoms with Gasteiger partial charge in [0.15, 0.2) is 6.61 Å². The van der Waals surface area contributed by atoms with Gasteiger partial charge in [0.2, 0.25) is 0 Å². The zero-order chi connectivity index (χ0) is 11.2. The van der Waals surface area contributed by atoms with Gasteiger partial charge in [0.05, 0.1) is 11.3 Å². The van der Waals surface area contributed by atoms with Crippen LogP contribution in [0, 0.1) is 0 Å². The predicted molar refractivity (Wildman–Crippen MR) is 58.5 cm³/mol.